The second-order valence-electron chi connectivity index (χ2n) is 20.2. The number of allylic oxidation sites excluding steroid dienone is 2. The smallest absolute Gasteiger partial charge is 0.339 e. The zero-order valence-electron chi connectivity index (χ0n) is 33.7. The largest absolute Gasteiger partial charge is 0.478 e. The molecule has 8 heteroatoms. The summed E-state index contributed by atoms with van der Waals surface area (Å²) in [5.41, 5.74) is 1.55. The SMILES string of the molecule is CC1(C)CC[C@]2(C(=O)NCCCN3CCNCC3)CC[C@]3(C)C(=CC[C@@H]4[C@@]5(C)CC[C@H](OC(=O)c6ccccc6C(=O)O)C(C)(C)[C@@H]5CC[C@]43C)[C@@H]2C1. The molecule has 1 saturated heterocycles. The molecule has 1 aromatic rings. The van der Waals surface area contributed by atoms with Gasteiger partial charge >= 0.3 is 11.9 Å². The predicted molar refractivity (Wildman–Crippen MR) is 209 cm³/mol. The third kappa shape index (κ3) is 6.30. The van der Waals surface area contributed by atoms with Crippen molar-refractivity contribution >= 4 is 17.8 Å². The number of fused-ring (bicyclic) bond motifs is 7. The average Bonchev–Trinajstić information content (AvgIpc) is 3.11. The molecule has 4 saturated carbocycles. The summed E-state index contributed by atoms with van der Waals surface area (Å²) >= 11 is 0. The molecule has 1 aromatic carbocycles. The summed E-state index contributed by atoms with van der Waals surface area (Å²) in [4.78, 5) is 42.4. The van der Waals surface area contributed by atoms with E-state index in [0.29, 0.717) is 17.7 Å². The molecule has 0 aromatic heterocycles. The van der Waals surface area contributed by atoms with Crippen molar-refractivity contribution in [1.82, 2.24) is 15.5 Å². The summed E-state index contributed by atoms with van der Waals surface area (Å²) < 4.78 is 6.27. The van der Waals surface area contributed by atoms with Gasteiger partial charge in [-0.15, -0.1) is 0 Å². The fourth-order valence-electron chi connectivity index (χ4n) is 13.5. The van der Waals surface area contributed by atoms with Crippen LogP contribution in [0.15, 0.2) is 35.9 Å². The number of carboxylic acids is 1. The number of benzene rings is 1. The number of carbonyl (C=O) groups excluding carboxylic acids is 2. The Kier molecular flexibility index (Phi) is 10.0. The third-order valence-corrected chi connectivity index (χ3v) is 16.8. The molecular weight excluding hydrogens is 663 g/mol. The Morgan fingerprint density at radius 1 is 0.887 bits per heavy atom. The molecule has 0 spiro atoms. The molecule has 1 amide bonds. The van der Waals surface area contributed by atoms with Crippen LogP contribution >= 0.6 is 0 Å². The Bertz CT molecular complexity index is 1630. The van der Waals surface area contributed by atoms with Crippen molar-refractivity contribution in [3.63, 3.8) is 0 Å². The molecular formula is C45H67N3O5. The van der Waals surface area contributed by atoms with E-state index in [0.717, 1.165) is 110 Å². The number of nitrogens with one attached hydrogen (secondary N) is 2. The number of amides is 1. The molecule has 8 atom stereocenters. The molecule has 0 unspecified atom stereocenters. The van der Waals surface area contributed by atoms with Crippen LogP contribution in [0, 0.1) is 50.2 Å². The highest BCUT2D eigenvalue weighted by molar-refractivity contribution is 6.02. The molecule has 1 heterocycles. The van der Waals surface area contributed by atoms with Crippen LogP contribution in [0.25, 0.3) is 0 Å². The Morgan fingerprint density at radius 3 is 2.30 bits per heavy atom. The normalized spacial score (nSPS) is 38.9. The van der Waals surface area contributed by atoms with E-state index in [1.807, 2.05) is 0 Å². The second kappa shape index (κ2) is 13.8. The standard InChI is InChI=1S/C45H67N3O5/c1-40(2)19-21-45(39(52)47-23-10-26-48-27-24-46-25-28-48)22-20-43(6)32(33(45)29-40)13-14-35-42(5)17-16-36(41(3,4)34(42)15-18-44(35,43)7)53-38(51)31-12-9-8-11-30(31)37(49)50/h8-9,11-13,33-36,46H,10,14-29H2,1-7H3,(H,47,52)(H,49,50)/t33-,34-,35+,36-,42-,43+,44+,45-/m0/s1. The molecule has 7 rings (SSSR count). The van der Waals surface area contributed by atoms with Crippen molar-refractivity contribution in [1.29, 1.82) is 0 Å². The maximum atomic E-state index is 14.5. The molecule has 1 aliphatic heterocycles. The lowest BCUT2D eigenvalue weighted by molar-refractivity contribution is -0.204. The molecule has 3 N–H and O–H groups in total. The van der Waals surface area contributed by atoms with Gasteiger partial charge in [0.05, 0.1) is 16.5 Å². The number of piperazine rings is 1. The lowest BCUT2D eigenvalue weighted by atomic mass is 9.33. The number of carboxylic acid groups (broad SMARTS) is 1. The summed E-state index contributed by atoms with van der Waals surface area (Å²) in [5.74, 6) is -0.193. The number of rotatable bonds is 8. The van der Waals surface area contributed by atoms with E-state index in [-0.39, 0.29) is 55.6 Å². The number of carbonyl (C=O) groups is 3. The van der Waals surface area contributed by atoms with E-state index in [9.17, 15) is 19.5 Å². The molecule has 53 heavy (non-hydrogen) atoms. The maximum absolute atomic E-state index is 14.5. The van der Waals surface area contributed by atoms with Gasteiger partial charge in [0.2, 0.25) is 5.91 Å². The van der Waals surface area contributed by atoms with Crippen molar-refractivity contribution in [2.75, 3.05) is 39.3 Å². The quantitative estimate of drug-likeness (QED) is 0.141. The molecule has 0 radical (unpaired) electrons. The molecule has 8 nitrogen and oxygen atoms in total. The minimum atomic E-state index is -1.11. The van der Waals surface area contributed by atoms with Gasteiger partial charge in [0.15, 0.2) is 0 Å². The van der Waals surface area contributed by atoms with Gasteiger partial charge in [-0.1, -0.05) is 72.2 Å². The number of nitrogens with zero attached hydrogens (tertiary/aromatic N) is 1. The van der Waals surface area contributed by atoms with Crippen molar-refractivity contribution < 1.29 is 24.2 Å². The van der Waals surface area contributed by atoms with Crippen molar-refractivity contribution in [2.24, 2.45) is 50.2 Å². The average molecular weight is 730 g/mol. The van der Waals surface area contributed by atoms with E-state index < -0.39 is 11.9 Å². The Morgan fingerprint density at radius 2 is 1.58 bits per heavy atom. The van der Waals surface area contributed by atoms with Crippen LogP contribution in [0.2, 0.25) is 0 Å². The fraction of sp³-hybridized carbons (Fsp3) is 0.756. The molecule has 292 valence electrons. The van der Waals surface area contributed by atoms with Gasteiger partial charge < -0.3 is 25.4 Å². The van der Waals surface area contributed by atoms with E-state index in [4.69, 9.17) is 4.74 Å². The molecule has 6 aliphatic rings. The number of hydrogen-bond acceptors (Lipinski definition) is 6. The van der Waals surface area contributed by atoms with Gasteiger partial charge in [-0.2, -0.15) is 0 Å². The lowest BCUT2D eigenvalue weighted by Gasteiger charge is -2.71. The lowest BCUT2D eigenvalue weighted by Crippen LogP contribution is -2.65. The van der Waals surface area contributed by atoms with E-state index in [1.54, 1.807) is 23.8 Å². The fourth-order valence-corrected chi connectivity index (χ4v) is 13.5. The second-order valence-corrected chi connectivity index (χ2v) is 20.2. The van der Waals surface area contributed by atoms with Gasteiger partial charge in [-0.3, -0.25) is 4.79 Å². The third-order valence-electron chi connectivity index (χ3n) is 16.8. The Labute approximate surface area is 318 Å². The van der Waals surface area contributed by atoms with Crippen LogP contribution in [0.5, 0.6) is 0 Å². The minimum absolute atomic E-state index is 0.0106. The summed E-state index contributed by atoms with van der Waals surface area (Å²) in [6.45, 7) is 23.2. The highest BCUT2D eigenvalue weighted by atomic mass is 16.5. The van der Waals surface area contributed by atoms with Gasteiger partial charge in [-0.25, -0.2) is 9.59 Å². The van der Waals surface area contributed by atoms with Gasteiger partial charge in [-0.05, 0) is 129 Å². The van der Waals surface area contributed by atoms with Crippen LogP contribution < -0.4 is 10.6 Å². The first-order valence-corrected chi connectivity index (χ1v) is 20.9. The van der Waals surface area contributed by atoms with E-state index >= 15 is 0 Å². The first-order chi connectivity index (χ1) is 25.0. The first kappa shape index (κ1) is 38.6. The van der Waals surface area contributed by atoms with Crippen LogP contribution in [0.3, 0.4) is 0 Å². The summed E-state index contributed by atoms with van der Waals surface area (Å²) in [5, 5.41) is 16.7. The number of hydrogen-bond donors (Lipinski definition) is 3. The topological polar surface area (TPSA) is 108 Å². The zero-order valence-corrected chi connectivity index (χ0v) is 33.7. The monoisotopic (exact) mass is 730 g/mol. The first-order valence-electron chi connectivity index (χ1n) is 20.9. The Balaban J connectivity index is 1.12. The van der Waals surface area contributed by atoms with E-state index in [1.165, 1.54) is 6.07 Å². The summed E-state index contributed by atoms with van der Waals surface area (Å²) in [6, 6.07) is 6.38. The summed E-state index contributed by atoms with van der Waals surface area (Å²) in [7, 11) is 0. The van der Waals surface area contributed by atoms with Gasteiger partial charge in [0.25, 0.3) is 0 Å². The van der Waals surface area contributed by atoms with Crippen molar-refractivity contribution in [3.05, 3.63) is 47.0 Å². The van der Waals surface area contributed by atoms with Gasteiger partial charge in [0, 0.05) is 38.1 Å². The van der Waals surface area contributed by atoms with Gasteiger partial charge in [0.1, 0.15) is 6.10 Å². The van der Waals surface area contributed by atoms with Crippen LogP contribution in [0.1, 0.15) is 140 Å². The highest BCUT2D eigenvalue weighted by Crippen LogP contribution is 2.76. The van der Waals surface area contributed by atoms with E-state index in [2.05, 4.69) is 70.1 Å². The molecule has 0 bridgehead atoms. The number of esters is 1. The maximum Gasteiger partial charge on any atom is 0.339 e. The van der Waals surface area contributed by atoms with Crippen LogP contribution in [-0.4, -0.2) is 73.2 Å². The van der Waals surface area contributed by atoms with Crippen LogP contribution in [0.4, 0.5) is 0 Å². The van der Waals surface area contributed by atoms with Crippen molar-refractivity contribution in [3.8, 4) is 0 Å². The van der Waals surface area contributed by atoms with Crippen molar-refractivity contribution in [2.45, 2.75) is 125 Å². The predicted octanol–water partition coefficient (Wildman–Crippen LogP) is 8.12. The number of aromatic carboxylic acids is 1. The minimum Gasteiger partial charge on any atom is -0.478 e. The highest BCUT2D eigenvalue weighted by Gasteiger charge is 2.69. The summed E-state index contributed by atoms with van der Waals surface area (Å²) in [6.07, 6.45) is 13.5. The zero-order chi connectivity index (χ0) is 38.0. The number of ether oxygens (including phenoxy) is 1. The van der Waals surface area contributed by atoms with Crippen LogP contribution in [-0.2, 0) is 9.53 Å². The molecule has 5 fully saturated rings. The Hall–Kier alpha value is -2.71. The molecule has 5 aliphatic carbocycles.